The van der Waals surface area contributed by atoms with Crippen molar-refractivity contribution in [2.45, 2.75) is 13.8 Å². The fraction of sp³-hybridized carbons (Fsp3) is 0.176. The molecule has 19 heavy (non-hydrogen) atoms. The van der Waals surface area contributed by atoms with Gasteiger partial charge in [-0.05, 0) is 65.7 Å². The second kappa shape index (κ2) is 4.71. The largest absolute Gasteiger partial charge is 0.497 e. The van der Waals surface area contributed by atoms with Crippen molar-refractivity contribution in [3.8, 4) is 16.9 Å². The van der Waals surface area contributed by atoms with Crippen LogP contribution in [-0.4, -0.2) is 7.11 Å². The maximum atomic E-state index is 5.23. The van der Waals surface area contributed by atoms with Gasteiger partial charge in [0.25, 0.3) is 0 Å². The monoisotopic (exact) mass is 268 g/mol. The molecular weight excluding hydrogens is 252 g/mol. The number of ether oxygens (including phenoxy) is 1. The van der Waals surface area contributed by atoms with Gasteiger partial charge in [0.2, 0.25) is 0 Å². The summed E-state index contributed by atoms with van der Waals surface area (Å²) < 4.78 is 6.59. The van der Waals surface area contributed by atoms with Gasteiger partial charge in [0.15, 0.2) is 0 Å². The summed E-state index contributed by atoms with van der Waals surface area (Å²) in [5.74, 6) is 0.899. The lowest BCUT2D eigenvalue weighted by atomic mass is 9.94. The maximum Gasteiger partial charge on any atom is 0.118 e. The minimum Gasteiger partial charge on any atom is -0.497 e. The van der Waals surface area contributed by atoms with E-state index in [9.17, 15) is 0 Å². The Labute approximate surface area is 117 Å². The molecule has 2 heteroatoms. The molecule has 0 unspecified atom stereocenters. The molecule has 1 nitrogen and oxygen atoms in total. The van der Waals surface area contributed by atoms with Crippen molar-refractivity contribution < 1.29 is 4.74 Å². The van der Waals surface area contributed by atoms with Gasteiger partial charge in [-0.2, -0.15) is 0 Å². The molecule has 0 atom stereocenters. The molecule has 96 valence electrons. The van der Waals surface area contributed by atoms with E-state index in [2.05, 4.69) is 43.5 Å². The van der Waals surface area contributed by atoms with Gasteiger partial charge in [-0.25, -0.2) is 0 Å². The molecule has 0 saturated carbocycles. The van der Waals surface area contributed by atoms with Crippen LogP contribution in [0.5, 0.6) is 5.75 Å². The van der Waals surface area contributed by atoms with Crippen LogP contribution in [0.25, 0.3) is 21.2 Å². The van der Waals surface area contributed by atoms with Gasteiger partial charge >= 0.3 is 0 Å². The van der Waals surface area contributed by atoms with Crippen LogP contribution < -0.4 is 4.74 Å². The Morgan fingerprint density at radius 1 is 1.00 bits per heavy atom. The molecule has 0 aliphatic heterocycles. The molecule has 0 N–H and O–H groups in total. The summed E-state index contributed by atoms with van der Waals surface area (Å²) >= 11 is 1.80. The first kappa shape index (κ1) is 12.2. The van der Waals surface area contributed by atoms with Crippen molar-refractivity contribution in [2.75, 3.05) is 7.11 Å². The van der Waals surface area contributed by atoms with Crippen LogP contribution in [0.2, 0.25) is 0 Å². The average molecular weight is 268 g/mol. The summed E-state index contributed by atoms with van der Waals surface area (Å²) in [7, 11) is 1.70. The summed E-state index contributed by atoms with van der Waals surface area (Å²) in [4.78, 5) is 0. The number of methoxy groups -OCH3 is 1. The molecule has 0 bridgehead atoms. The zero-order chi connectivity index (χ0) is 13.4. The van der Waals surface area contributed by atoms with E-state index in [0.717, 1.165) is 5.75 Å². The van der Waals surface area contributed by atoms with E-state index in [1.165, 1.54) is 32.3 Å². The number of aryl methyl sites for hydroxylation is 1. The zero-order valence-corrected chi connectivity index (χ0v) is 12.2. The second-order valence-corrected chi connectivity index (χ2v) is 5.70. The Kier molecular flexibility index (Phi) is 3.03. The number of benzene rings is 2. The minimum atomic E-state index is 0.899. The highest BCUT2D eigenvalue weighted by atomic mass is 32.1. The van der Waals surface area contributed by atoms with Crippen molar-refractivity contribution in [3.63, 3.8) is 0 Å². The van der Waals surface area contributed by atoms with Crippen LogP contribution in [0.4, 0.5) is 0 Å². The molecule has 0 radical (unpaired) electrons. The van der Waals surface area contributed by atoms with E-state index >= 15 is 0 Å². The first-order chi connectivity index (χ1) is 9.20. The van der Waals surface area contributed by atoms with Crippen LogP contribution in [0.3, 0.4) is 0 Å². The standard InChI is InChI=1S/C17H16OS/c1-11-10-16-15(8-9-19-16)17(12(11)2)13-4-6-14(18-3)7-5-13/h4-10H,1-3H3. The van der Waals surface area contributed by atoms with E-state index in [-0.39, 0.29) is 0 Å². The molecule has 2 aromatic carbocycles. The molecule has 3 aromatic rings. The first-order valence-electron chi connectivity index (χ1n) is 6.32. The van der Waals surface area contributed by atoms with Crippen molar-refractivity contribution in [2.24, 2.45) is 0 Å². The lowest BCUT2D eigenvalue weighted by molar-refractivity contribution is 0.415. The van der Waals surface area contributed by atoms with Gasteiger partial charge in [0.05, 0.1) is 7.11 Å². The van der Waals surface area contributed by atoms with Gasteiger partial charge in [-0.15, -0.1) is 11.3 Å². The fourth-order valence-electron chi connectivity index (χ4n) is 2.47. The molecule has 0 amide bonds. The molecule has 1 heterocycles. The Hall–Kier alpha value is -1.80. The SMILES string of the molecule is COc1ccc(-c2c(C)c(C)cc3sccc23)cc1. The summed E-state index contributed by atoms with van der Waals surface area (Å²) in [6.45, 7) is 4.38. The van der Waals surface area contributed by atoms with Crippen molar-refractivity contribution in [1.82, 2.24) is 0 Å². The first-order valence-corrected chi connectivity index (χ1v) is 7.20. The van der Waals surface area contributed by atoms with Crippen LogP contribution in [0.1, 0.15) is 11.1 Å². The Morgan fingerprint density at radius 3 is 2.42 bits per heavy atom. The predicted molar refractivity (Wildman–Crippen MR) is 83.3 cm³/mol. The highest BCUT2D eigenvalue weighted by Crippen LogP contribution is 2.36. The number of hydrogen-bond donors (Lipinski definition) is 0. The lowest BCUT2D eigenvalue weighted by Gasteiger charge is -2.12. The third-order valence-corrected chi connectivity index (χ3v) is 4.52. The van der Waals surface area contributed by atoms with E-state index < -0.39 is 0 Å². The number of thiophene rings is 1. The van der Waals surface area contributed by atoms with Crippen LogP contribution in [0, 0.1) is 13.8 Å². The van der Waals surface area contributed by atoms with Crippen molar-refractivity contribution in [3.05, 3.63) is 52.9 Å². The minimum absolute atomic E-state index is 0.899. The molecular formula is C17H16OS. The van der Waals surface area contributed by atoms with Crippen LogP contribution in [0.15, 0.2) is 41.8 Å². The number of hydrogen-bond acceptors (Lipinski definition) is 2. The van der Waals surface area contributed by atoms with Crippen molar-refractivity contribution >= 4 is 21.4 Å². The van der Waals surface area contributed by atoms with E-state index in [1.807, 2.05) is 12.1 Å². The smallest absolute Gasteiger partial charge is 0.118 e. The van der Waals surface area contributed by atoms with Gasteiger partial charge in [0, 0.05) is 10.1 Å². The van der Waals surface area contributed by atoms with Gasteiger partial charge < -0.3 is 4.74 Å². The molecule has 1 aromatic heterocycles. The molecule has 3 rings (SSSR count). The Morgan fingerprint density at radius 2 is 1.74 bits per heavy atom. The predicted octanol–water partition coefficient (Wildman–Crippen LogP) is 5.19. The Bertz CT molecular complexity index is 723. The lowest BCUT2D eigenvalue weighted by Crippen LogP contribution is -1.89. The highest BCUT2D eigenvalue weighted by molar-refractivity contribution is 7.17. The molecule has 0 saturated heterocycles. The van der Waals surface area contributed by atoms with Gasteiger partial charge in [0.1, 0.15) is 5.75 Å². The number of rotatable bonds is 2. The Balaban J connectivity index is 2.27. The molecule has 0 aliphatic rings. The molecule has 0 aliphatic carbocycles. The highest BCUT2D eigenvalue weighted by Gasteiger charge is 2.10. The normalized spacial score (nSPS) is 10.9. The van der Waals surface area contributed by atoms with E-state index in [1.54, 1.807) is 18.4 Å². The molecule has 0 spiro atoms. The van der Waals surface area contributed by atoms with Crippen LogP contribution in [-0.2, 0) is 0 Å². The second-order valence-electron chi connectivity index (χ2n) is 4.75. The molecule has 0 fully saturated rings. The van der Waals surface area contributed by atoms with E-state index in [0.29, 0.717) is 0 Å². The number of fused-ring (bicyclic) bond motifs is 1. The third-order valence-electron chi connectivity index (χ3n) is 3.66. The quantitative estimate of drug-likeness (QED) is 0.621. The average Bonchev–Trinajstić information content (AvgIpc) is 2.88. The van der Waals surface area contributed by atoms with Gasteiger partial charge in [-0.3, -0.25) is 0 Å². The maximum absolute atomic E-state index is 5.23. The third kappa shape index (κ3) is 2.02. The summed E-state index contributed by atoms with van der Waals surface area (Å²) in [5, 5.41) is 3.51. The summed E-state index contributed by atoms with van der Waals surface area (Å²) in [5.41, 5.74) is 5.31. The topological polar surface area (TPSA) is 9.23 Å². The van der Waals surface area contributed by atoms with Gasteiger partial charge in [-0.1, -0.05) is 12.1 Å². The fourth-order valence-corrected chi connectivity index (χ4v) is 3.37. The summed E-state index contributed by atoms with van der Waals surface area (Å²) in [6.07, 6.45) is 0. The summed E-state index contributed by atoms with van der Waals surface area (Å²) in [6, 6.07) is 12.8. The van der Waals surface area contributed by atoms with E-state index in [4.69, 9.17) is 4.74 Å². The zero-order valence-electron chi connectivity index (χ0n) is 11.4. The van der Waals surface area contributed by atoms with Crippen LogP contribution >= 0.6 is 11.3 Å². The van der Waals surface area contributed by atoms with Crippen molar-refractivity contribution in [1.29, 1.82) is 0 Å².